The second-order valence-electron chi connectivity index (χ2n) is 8.91. The molecule has 1 atom stereocenters. The van der Waals surface area contributed by atoms with E-state index in [0.29, 0.717) is 11.3 Å². The maximum atomic E-state index is 12.7. The maximum Gasteiger partial charge on any atom is 0.266 e. The van der Waals surface area contributed by atoms with Crippen LogP contribution in [-0.2, 0) is 20.2 Å². The van der Waals surface area contributed by atoms with Crippen LogP contribution < -0.4 is 14.9 Å². The Hall–Kier alpha value is -2.58. The molecule has 2 aliphatic heterocycles. The lowest BCUT2D eigenvalue weighted by molar-refractivity contribution is 0.0982. The van der Waals surface area contributed by atoms with Gasteiger partial charge in [0.1, 0.15) is 0 Å². The normalized spacial score (nSPS) is 20.5. The van der Waals surface area contributed by atoms with E-state index < -0.39 is 15.9 Å². The molecule has 0 bridgehead atoms. The highest BCUT2D eigenvalue weighted by Gasteiger charge is 2.36. The van der Waals surface area contributed by atoms with Gasteiger partial charge in [-0.3, -0.25) is 4.79 Å². The zero-order valence-electron chi connectivity index (χ0n) is 18.1. The van der Waals surface area contributed by atoms with Gasteiger partial charge in [0.2, 0.25) is 10.0 Å². The molecule has 0 aliphatic carbocycles. The van der Waals surface area contributed by atoms with Gasteiger partial charge in [-0.05, 0) is 41.2 Å². The molecule has 2 heterocycles. The van der Waals surface area contributed by atoms with Gasteiger partial charge in [0, 0.05) is 18.8 Å². The summed E-state index contributed by atoms with van der Waals surface area (Å²) in [6, 6.07) is 13.9. The number of hydrogen-bond acceptors (Lipinski definition) is 6. The lowest BCUT2D eigenvalue weighted by Crippen LogP contribution is -2.36. The van der Waals surface area contributed by atoms with Crippen LogP contribution in [0.2, 0.25) is 0 Å². The highest BCUT2D eigenvalue weighted by molar-refractivity contribution is 7.89. The molecule has 1 saturated heterocycles. The van der Waals surface area contributed by atoms with Crippen molar-refractivity contribution in [2.75, 3.05) is 42.8 Å². The molecule has 31 heavy (non-hydrogen) atoms. The number of benzene rings is 2. The Kier molecular flexibility index (Phi) is 5.70. The van der Waals surface area contributed by atoms with Crippen LogP contribution in [0.15, 0.2) is 42.5 Å². The van der Waals surface area contributed by atoms with Crippen LogP contribution in [0.3, 0.4) is 0 Å². The van der Waals surface area contributed by atoms with E-state index >= 15 is 0 Å². The predicted octanol–water partition coefficient (Wildman–Crippen LogP) is 3.05. The lowest BCUT2D eigenvalue weighted by atomic mass is 9.73. The van der Waals surface area contributed by atoms with Crippen LogP contribution in [-0.4, -0.2) is 46.9 Å². The first-order valence-corrected chi connectivity index (χ1v) is 12.4. The number of morpholine rings is 1. The quantitative estimate of drug-likeness (QED) is 0.755. The lowest BCUT2D eigenvalue weighted by Gasteiger charge is -2.40. The number of nitrogens with one attached hydrogen (secondary N) is 2. The monoisotopic (exact) mass is 443 g/mol. The summed E-state index contributed by atoms with van der Waals surface area (Å²) in [5.74, 6) is -0.620. The summed E-state index contributed by atoms with van der Waals surface area (Å²) in [6.45, 7) is 7.50. The second-order valence-corrected chi connectivity index (χ2v) is 10.7. The van der Waals surface area contributed by atoms with Crippen molar-refractivity contribution in [3.63, 3.8) is 0 Å². The van der Waals surface area contributed by atoms with Gasteiger partial charge in [0.25, 0.3) is 5.91 Å². The Balaban J connectivity index is 1.69. The average molecular weight is 444 g/mol. The Morgan fingerprint density at radius 1 is 1.16 bits per heavy atom. The zero-order valence-corrected chi connectivity index (χ0v) is 19.0. The maximum absolute atomic E-state index is 12.7. The van der Waals surface area contributed by atoms with Crippen molar-refractivity contribution in [1.29, 1.82) is 0 Å². The van der Waals surface area contributed by atoms with Gasteiger partial charge in [-0.1, -0.05) is 38.1 Å². The summed E-state index contributed by atoms with van der Waals surface area (Å²) in [7, 11) is -3.65. The van der Waals surface area contributed by atoms with E-state index in [4.69, 9.17) is 4.74 Å². The number of sulfonamides is 1. The van der Waals surface area contributed by atoms with Crippen molar-refractivity contribution in [3.05, 3.63) is 59.2 Å². The summed E-state index contributed by atoms with van der Waals surface area (Å²) < 4.78 is 30.8. The first kappa shape index (κ1) is 21.6. The molecule has 2 aromatic rings. The fraction of sp³-hybridized carbons (Fsp3) is 0.435. The van der Waals surface area contributed by atoms with E-state index in [1.807, 2.05) is 6.07 Å². The standard InChI is InChI=1S/C23H29N3O4S/c1-23(2)15-20(16-6-4-7-17(14-16)26-10-12-30-13-11-26)24-21-18(8-5-9-19(21)23)22(27)25-31(3,28)29/h4-9,14,20,24H,10-13,15H2,1-3H3,(H,25,27). The minimum Gasteiger partial charge on any atom is -0.378 e. The van der Waals surface area contributed by atoms with E-state index in [1.54, 1.807) is 12.1 Å². The third-order valence-electron chi connectivity index (χ3n) is 6.00. The SMILES string of the molecule is CC1(C)CC(c2cccc(N3CCOCC3)c2)Nc2c(C(=O)NS(C)(=O)=O)cccc21. The number of anilines is 2. The number of carbonyl (C=O) groups excluding carboxylic acids is 1. The average Bonchev–Trinajstić information content (AvgIpc) is 2.72. The Labute approximate surface area is 183 Å². The first-order valence-electron chi connectivity index (χ1n) is 10.5. The van der Waals surface area contributed by atoms with Gasteiger partial charge in [-0.2, -0.15) is 0 Å². The molecule has 4 rings (SSSR count). The molecule has 2 aromatic carbocycles. The number of ether oxygens (including phenoxy) is 1. The molecular formula is C23H29N3O4S. The van der Waals surface area contributed by atoms with Crippen LogP contribution in [0, 0.1) is 0 Å². The van der Waals surface area contributed by atoms with Crippen molar-refractivity contribution >= 4 is 27.3 Å². The van der Waals surface area contributed by atoms with Gasteiger partial charge in [-0.15, -0.1) is 0 Å². The van der Waals surface area contributed by atoms with Gasteiger partial charge in [0.05, 0.1) is 36.8 Å². The Morgan fingerprint density at radius 3 is 2.58 bits per heavy atom. The molecule has 0 spiro atoms. The predicted molar refractivity (Wildman–Crippen MR) is 122 cm³/mol. The summed E-state index contributed by atoms with van der Waals surface area (Å²) in [5.41, 5.74) is 4.15. The van der Waals surface area contributed by atoms with Crippen LogP contribution in [0.5, 0.6) is 0 Å². The van der Waals surface area contributed by atoms with E-state index in [0.717, 1.165) is 55.8 Å². The van der Waals surface area contributed by atoms with Gasteiger partial charge < -0.3 is 15.0 Å². The molecular weight excluding hydrogens is 414 g/mol. The molecule has 1 amide bonds. The minimum atomic E-state index is -3.65. The van der Waals surface area contributed by atoms with Crippen LogP contribution in [0.1, 0.15) is 47.8 Å². The van der Waals surface area contributed by atoms with E-state index in [-0.39, 0.29) is 11.5 Å². The largest absolute Gasteiger partial charge is 0.378 e. The van der Waals surface area contributed by atoms with Crippen LogP contribution in [0.4, 0.5) is 11.4 Å². The molecule has 2 N–H and O–H groups in total. The van der Waals surface area contributed by atoms with Crippen molar-refractivity contribution in [2.24, 2.45) is 0 Å². The number of hydrogen-bond donors (Lipinski definition) is 2. The van der Waals surface area contributed by atoms with Crippen LogP contribution in [0.25, 0.3) is 0 Å². The zero-order chi connectivity index (χ0) is 22.2. The Morgan fingerprint density at radius 2 is 1.87 bits per heavy atom. The molecule has 1 fully saturated rings. The Bertz CT molecular complexity index is 1090. The molecule has 7 nitrogen and oxygen atoms in total. The summed E-state index contributed by atoms with van der Waals surface area (Å²) in [4.78, 5) is 15.0. The van der Waals surface area contributed by atoms with Gasteiger partial charge >= 0.3 is 0 Å². The minimum absolute atomic E-state index is 0.00401. The molecule has 166 valence electrons. The van der Waals surface area contributed by atoms with Crippen molar-refractivity contribution in [1.82, 2.24) is 4.72 Å². The van der Waals surface area contributed by atoms with E-state index in [1.165, 1.54) is 0 Å². The topological polar surface area (TPSA) is 87.7 Å². The highest BCUT2D eigenvalue weighted by atomic mass is 32.2. The van der Waals surface area contributed by atoms with Gasteiger partial charge in [-0.25, -0.2) is 13.1 Å². The number of para-hydroxylation sites is 1. The van der Waals surface area contributed by atoms with E-state index in [9.17, 15) is 13.2 Å². The molecule has 1 unspecified atom stereocenters. The first-order chi connectivity index (χ1) is 14.6. The fourth-order valence-electron chi connectivity index (χ4n) is 4.49. The number of fused-ring (bicyclic) bond motifs is 1. The smallest absolute Gasteiger partial charge is 0.266 e. The van der Waals surface area contributed by atoms with E-state index in [2.05, 4.69) is 53.1 Å². The molecule has 2 aliphatic rings. The second kappa shape index (κ2) is 8.16. The van der Waals surface area contributed by atoms with Gasteiger partial charge in [0.15, 0.2) is 0 Å². The van der Waals surface area contributed by atoms with Crippen molar-refractivity contribution in [2.45, 2.75) is 31.7 Å². The summed E-state index contributed by atoms with van der Waals surface area (Å²) in [6.07, 6.45) is 1.83. The summed E-state index contributed by atoms with van der Waals surface area (Å²) in [5, 5.41) is 3.54. The number of nitrogens with zero attached hydrogens (tertiary/aromatic N) is 1. The molecule has 0 aromatic heterocycles. The van der Waals surface area contributed by atoms with Crippen molar-refractivity contribution < 1.29 is 17.9 Å². The van der Waals surface area contributed by atoms with Crippen LogP contribution >= 0.6 is 0 Å². The third kappa shape index (κ3) is 4.70. The third-order valence-corrected chi connectivity index (χ3v) is 6.55. The number of amides is 1. The molecule has 0 saturated carbocycles. The number of rotatable bonds is 4. The molecule has 0 radical (unpaired) electrons. The fourth-order valence-corrected chi connectivity index (χ4v) is 4.94. The molecule has 8 heteroatoms. The summed E-state index contributed by atoms with van der Waals surface area (Å²) >= 11 is 0. The highest BCUT2D eigenvalue weighted by Crippen LogP contribution is 2.45. The van der Waals surface area contributed by atoms with Crippen molar-refractivity contribution in [3.8, 4) is 0 Å². The number of carbonyl (C=O) groups is 1.